The van der Waals surface area contributed by atoms with Crippen LogP contribution in [-0.2, 0) is 13.0 Å². The molecule has 0 saturated carbocycles. The van der Waals surface area contributed by atoms with Gasteiger partial charge in [-0.1, -0.05) is 30.4 Å². The van der Waals surface area contributed by atoms with Crippen molar-refractivity contribution in [3.05, 3.63) is 84.1 Å². The maximum Gasteiger partial charge on any atom is 0.286 e. The van der Waals surface area contributed by atoms with E-state index in [0.717, 1.165) is 46.9 Å². The molecule has 34 heavy (non-hydrogen) atoms. The van der Waals surface area contributed by atoms with E-state index in [9.17, 15) is 4.79 Å². The van der Waals surface area contributed by atoms with Crippen LogP contribution in [-0.4, -0.2) is 35.7 Å². The number of hydrogen-bond donors (Lipinski definition) is 1. The summed E-state index contributed by atoms with van der Waals surface area (Å²) in [6.45, 7) is 3.74. The summed E-state index contributed by atoms with van der Waals surface area (Å²) in [6, 6.07) is 17.3. The van der Waals surface area contributed by atoms with E-state index in [1.54, 1.807) is 19.2 Å². The number of fused-ring (bicyclic) bond motifs is 1. The molecule has 7 heteroatoms. The first-order valence-corrected chi connectivity index (χ1v) is 11.4. The van der Waals surface area contributed by atoms with Crippen molar-refractivity contribution < 1.29 is 18.7 Å². The van der Waals surface area contributed by atoms with Crippen LogP contribution in [0.2, 0.25) is 0 Å². The molecular weight excluding hydrogens is 430 g/mol. The highest BCUT2D eigenvalue weighted by molar-refractivity contribution is 5.91. The molecule has 0 unspecified atom stereocenters. The zero-order chi connectivity index (χ0) is 23.8. The molecule has 0 fully saturated rings. The second-order valence-corrected chi connectivity index (χ2v) is 7.76. The third-order valence-corrected chi connectivity index (χ3v) is 5.44. The van der Waals surface area contributed by atoms with Crippen LogP contribution in [0.3, 0.4) is 0 Å². The second-order valence-electron chi connectivity index (χ2n) is 7.76. The Morgan fingerprint density at radius 2 is 2.03 bits per heavy atom. The minimum atomic E-state index is -0.226. The van der Waals surface area contributed by atoms with Gasteiger partial charge in [0.25, 0.3) is 5.91 Å². The molecule has 2 heterocycles. The highest BCUT2D eigenvalue weighted by Gasteiger charge is 2.13. The van der Waals surface area contributed by atoms with E-state index in [-0.39, 0.29) is 5.91 Å². The number of amides is 1. The minimum absolute atomic E-state index is 0.226. The maximum absolute atomic E-state index is 12.1. The highest BCUT2D eigenvalue weighted by atomic mass is 16.5. The van der Waals surface area contributed by atoms with Crippen molar-refractivity contribution in [1.29, 1.82) is 0 Å². The lowest BCUT2D eigenvalue weighted by atomic mass is 10.2. The van der Waals surface area contributed by atoms with Crippen molar-refractivity contribution in [3.63, 3.8) is 0 Å². The van der Waals surface area contributed by atoms with Gasteiger partial charge < -0.3 is 23.8 Å². The molecule has 0 aliphatic carbocycles. The molecule has 0 spiro atoms. The Kier molecular flexibility index (Phi) is 7.65. The lowest BCUT2D eigenvalue weighted by Gasteiger charge is -2.13. The predicted octanol–water partition coefficient (Wildman–Crippen LogP) is 5.11. The number of nitrogens with one attached hydrogen (secondary N) is 1. The number of rotatable bonds is 11. The first-order valence-electron chi connectivity index (χ1n) is 11.4. The van der Waals surface area contributed by atoms with E-state index in [2.05, 4.69) is 16.0 Å². The van der Waals surface area contributed by atoms with Crippen molar-refractivity contribution in [2.45, 2.75) is 26.3 Å². The Hall–Kier alpha value is -4.00. The second kappa shape index (κ2) is 11.2. The van der Waals surface area contributed by atoms with Gasteiger partial charge in [0.05, 0.1) is 31.0 Å². The number of carbonyl (C=O) groups is 1. The summed E-state index contributed by atoms with van der Waals surface area (Å²) >= 11 is 0. The van der Waals surface area contributed by atoms with Gasteiger partial charge in [-0.3, -0.25) is 4.79 Å². The zero-order valence-corrected chi connectivity index (χ0v) is 19.5. The molecule has 0 atom stereocenters. The molecule has 4 rings (SSSR count). The minimum Gasteiger partial charge on any atom is -0.493 e. The summed E-state index contributed by atoms with van der Waals surface area (Å²) in [6.07, 6.45) is 6.91. The number of furan rings is 1. The number of carbonyl (C=O) groups excluding carboxylic acids is 1. The number of aryl methyl sites for hydroxylation is 1. The largest absolute Gasteiger partial charge is 0.493 e. The monoisotopic (exact) mass is 459 g/mol. The van der Waals surface area contributed by atoms with Gasteiger partial charge in [-0.15, -0.1) is 0 Å². The highest BCUT2D eigenvalue weighted by Crippen LogP contribution is 2.29. The topological polar surface area (TPSA) is 78.5 Å². The summed E-state index contributed by atoms with van der Waals surface area (Å²) in [5.41, 5.74) is 3.08. The number of imidazole rings is 1. The van der Waals surface area contributed by atoms with Gasteiger partial charge in [0.1, 0.15) is 5.82 Å². The van der Waals surface area contributed by atoms with Gasteiger partial charge in [0, 0.05) is 19.5 Å². The van der Waals surface area contributed by atoms with Crippen molar-refractivity contribution >= 4 is 23.0 Å². The number of methoxy groups -OCH3 is 1. The van der Waals surface area contributed by atoms with Crippen LogP contribution in [0.5, 0.6) is 11.5 Å². The number of hydrogen-bond acceptors (Lipinski definition) is 5. The van der Waals surface area contributed by atoms with Crippen LogP contribution in [0.25, 0.3) is 17.1 Å². The fourth-order valence-electron chi connectivity index (χ4n) is 3.85. The molecular formula is C27H29N3O4. The molecule has 1 N–H and O–H groups in total. The van der Waals surface area contributed by atoms with Crippen molar-refractivity contribution in [3.8, 4) is 11.5 Å². The average Bonchev–Trinajstić information content (AvgIpc) is 3.51. The van der Waals surface area contributed by atoms with Crippen molar-refractivity contribution in [2.75, 3.05) is 20.3 Å². The smallest absolute Gasteiger partial charge is 0.286 e. The summed E-state index contributed by atoms with van der Waals surface area (Å²) in [5, 5.41) is 2.89. The molecule has 4 aromatic rings. The SMILES string of the molecule is C/C=C/c1ccc(OCCCn2c(CCNC(=O)c3ccco3)nc3ccccc32)c(OC)c1. The van der Waals surface area contributed by atoms with Crippen LogP contribution in [0, 0.1) is 0 Å². The normalized spacial score (nSPS) is 11.2. The first kappa shape index (κ1) is 23.2. The van der Waals surface area contributed by atoms with E-state index >= 15 is 0 Å². The summed E-state index contributed by atoms with van der Waals surface area (Å²) in [4.78, 5) is 16.9. The van der Waals surface area contributed by atoms with E-state index in [1.165, 1.54) is 6.26 Å². The molecule has 176 valence electrons. The van der Waals surface area contributed by atoms with Gasteiger partial charge in [0.2, 0.25) is 0 Å². The molecule has 1 amide bonds. The van der Waals surface area contributed by atoms with Crippen molar-refractivity contribution in [2.24, 2.45) is 0 Å². The number of para-hydroxylation sites is 2. The van der Waals surface area contributed by atoms with Gasteiger partial charge in [-0.2, -0.15) is 0 Å². The Labute approximate surface area is 199 Å². The Morgan fingerprint density at radius 1 is 1.15 bits per heavy atom. The summed E-state index contributed by atoms with van der Waals surface area (Å²) in [7, 11) is 1.65. The van der Waals surface area contributed by atoms with Gasteiger partial charge in [-0.05, 0) is 55.3 Å². The molecule has 2 aromatic heterocycles. The van der Waals surface area contributed by atoms with E-state index in [4.69, 9.17) is 18.9 Å². The fourth-order valence-corrected chi connectivity index (χ4v) is 3.85. The quantitative estimate of drug-likeness (QED) is 0.315. The van der Waals surface area contributed by atoms with E-state index in [1.807, 2.05) is 55.5 Å². The molecule has 0 radical (unpaired) electrons. The number of allylic oxidation sites excluding steroid dienone is 1. The lowest BCUT2D eigenvalue weighted by molar-refractivity contribution is 0.0926. The molecule has 0 bridgehead atoms. The number of aromatic nitrogens is 2. The molecule has 7 nitrogen and oxygen atoms in total. The summed E-state index contributed by atoms with van der Waals surface area (Å²) in [5.74, 6) is 2.45. The lowest BCUT2D eigenvalue weighted by Crippen LogP contribution is -2.26. The average molecular weight is 460 g/mol. The summed E-state index contributed by atoms with van der Waals surface area (Å²) < 4.78 is 18.8. The molecule has 0 aliphatic heterocycles. The van der Waals surface area contributed by atoms with Crippen LogP contribution >= 0.6 is 0 Å². The predicted molar refractivity (Wildman–Crippen MR) is 132 cm³/mol. The van der Waals surface area contributed by atoms with Crippen LogP contribution in [0.15, 0.2) is 71.4 Å². The third-order valence-electron chi connectivity index (χ3n) is 5.44. The molecule has 0 aliphatic rings. The van der Waals surface area contributed by atoms with Crippen LogP contribution in [0.1, 0.15) is 35.3 Å². The van der Waals surface area contributed by atoms with E-state index < -0.39 is 0 Å². The number of benzene rings is 2. The maximum atomic E-state index is 12.1. The van der Waals surface area contributed by atoms with Gasteiger partial charge >= 0.3 is 0 Å². The van der Waals surface area contributed by atoms with Crippen LogP contribution < -0.4 is 14.8 Å². The van der Waals surface area contributed by atoms with Gasteiger partial charge in [0.15, 0.2) is 17.3 Å². The fraction of sp³-hybridized carbons (Fsp3) is 0.259. The Morgan fingerprint density at radius 3 is 2.82 bits per heavy atom. The zero-order valence-electron chi connectivity index (χ0n) is 19.5. The number of nitrogens with zero attached hydrogens (tertiary/aromatic N) is 2. The number of ether oxygens (including phenoxy) is 2. The molecule has 2 aromatic carbocycles. The van der Waals surface area contributed by atoms with Gasteiger partial charge in [-0.25, -0.2) is 4.98 Å². The van der Waals surface area contributed by atoms with E-state index in [0.29, 0.717) is 25.3 Å². The Balaban J connectivity index is 1.38. The molecule has 0 saturated heterocycles. The standard InChI is InChI=1S/C27H29N3O4/c1-3-8-20-12-13-23(25(19-20)32-2)33-18-7-16-30-22-10-5-4-9-21(22)29-26(30)14-15-28-27(31)24-11-6-17-34-24/h3-6,8-13,17,19H,7,14-16,18H2,1-2H3,(H,28,31)/b8-3+. The first-order chi connectivity index (χ1) is 16.7. The Bertz CT molecular complexity index is 1260. The van der Waals surface area contributed by atoms with Crippen molar-refractivity contribution in [1.82, 2.24) is 14.9 Å². The van der Waals surface area contributed by atoms with Crippen LogP contribution in [0.4, 0.5) is 0 Å². The third kappa shape index (κ3) is 5.49.